The third-order valence-corrected chi connectivity index (χ3v) is 4.52. The van der Waals surface area contributed by atoms with Crippen LogP contribution in [-0.2, 0) is 16.1 Å². The Labute approximate surface area is 158 Å². The van der Waals surface area contributed by atoms with E-state index < -0.39 is 11.0 Å². The largest absolute Gasteiger partial charge is 0.470 e. The van der Waals surface area contributed by atoms with Crippen LogP contribution in [0.5, 0.6) is 5.75 Å². The molecular formula is C20H24N2O3S. The molecule has 2 rings (SSSR count). The van der Waals surface area contributed by atoms with Crippen LogP contribution in [0, 0.1) is 19.3 Å². The predicted octanol–water partition coefficient (Wildman–Crippen LogP) is 3.29. The van der Waals surface area contributed by atoms with Gasteiger partial charge in [-0.3, -0.25) is 9.78 Å². The molecule has 1 N–H and O–H groups in total. The fourth-order valence-electron chi connectivity index (χ4n) is 2.49. The molecule has 1 heterocycles. The number of ether oxygens (including phenoxy) is 2. The Balaban J connectivity index is 2.28. The highest BCUT2D eigenvalue weighted by atomic mass is 32.2. The van der Waals surface area contributed by atoms with Crippen molar-refractivity contribution in [1.82, 2.24) is 10.3 Å². The first-order valence-corrected chi connectivity index (χ1v) is 9.46. The second-order valence-electron chi connectivity index (χ2n) is 6.53. The number of methoxy groups -OCH3 is 1. The summed E-state index contributed by atoms with van der Waals surface area (Å²) in [6.45, 7) is 5.99. The summed E-state index contributed by atoms with van der Waals surface area (Å²) in [5.74, 6) is 2.90. The van der Waals surface area contributed by atoms with E-state index in [1.165, 1.54) is 11.8 Å². The molecule has 0 saturated heterocycles. The monoisotopic (exact) mass is 372 g/mol. The molecule has 0 spiro atoms. The van der Waals surface area contributed by atoms with Crippen molar-refractivity contribution in [3.63, 3.8) is 0 Å². The summed E-state index contributed by atoms with van der Waals surface area (Å²) >= 11 is 1.31. The first-order valence-electron chi connectivity index (χ1n) is 8.17. The van der Waals surface area contributed by atoms with Crippen LogP contribution in [0.1, 0.15) is 25.0 Å². The number of pyridine rings is 1. The van der Waals surface area contributed by atoms with Gasteiger partial charge in [0.15, 0.2) is 0 Å². The van der Waals surface area contributed by atoms with Crippen LogP contribution in [0.3, 0.4) is 0 Å². The fraction of sp³-hybridized carbons (Fsp3) is 0.400. The molecule has 0 aliphatic rings. The fourth-order valence-corrected chi connectivity index (χ4v) is 2.97. The van der Waals surface area contributed by atoms with Gasteiger partial charge in [-0.05, 0) is 56.4 Å². The third kappa shape index (κ3) is 4.90. The summed E-state index contributed by atoms with van der Waals surface area (Å²) < 4.78 is 11.1. The van der Waals surface area contributed by atoms with E-state index in [1.54, 1.807) is 27.2 Å². The number of rotatable bonds is 7. The van der Waals surface area contributed by atoms with E-state index in [9.17, 15) is 4.79 Å². The van der Waals surface area contributed by atoms with Gasteiger partial charge in [0.05, 0.1) is 17.7 Å². The van der Waals surface area contributed by atoms with Crippen LogP contribution in [0.25, 0.3) is 10.9 Å². The SMILES string of the molecule is C#CC(C)(C)NC(=O)C(Oc1cc(C)c2ncc(COC)cc2c1)SC. The molecule has 5 nitrogen and oxygen atoms in total. The molecule has 2 aromatic rings. The number of fused-ring (bicyclic) bond motifs is 1. The van der Waals surface area contributed by atoms with Crippen LogP contribution in [0.15, 0.2) is 24.4 Å². The van der Waals surface area contributed by atoms with E-state index in [-0.39, 0.29) is 5.91 Å². The van der Waals surface area contributed by atoms with Crippen LogP contribution in [-0.4, -0.2) is 35.2 Å². The van der Waals surface area contributed by atoms with Crippen LogP contribution in [0.4, 0.5) is 0 Å². The summed E-state index contributed by atoms with van der Waals surface area (Å²) in [5, 5.41) is 3.75. The molecule has 1 amide bonds. The number of thioether (sulfide) groups is 1. The maximum Gasteiger partial charge on any atom is 0.272 e. The average molecular weight is 372 g/mol. The van der Waals surface area contributed by atoms with Crippen molar-refractivity contribution in [2.24, 2.45) is 0 Å². The standard InChI is InChI=1S/C20H24N2O3S/c1-7-20(3,4)22-18(23)19(26-6)25-16-8-13(2)17-15(10-16)9-14(11-21-17)12-24-5/h1,8-11,19H,12H2,2-6H3,(H,22,23). The van der Waals surface area contributed by atoms with E-state index in [2.05, 4.69) is 16.2 Å². The lowest BCUT2D eigenvalue weighted by Crippen LogP contribution is -2.47. The van der Waals surface area contributed by atoms with Crippen molar-refractivity contribution in [2.45, 2.75) is 38.4 Å². The Hall–Kier alpha value is -2.23. The second-order valence-corrected chi connectivity index (χ2v) is 7.43. The number of aromatic nitrogens is 1. The number of amides is 1. The number of aryl methyl sites for hydroxylation is 1. The molecule has 1 unspecified atom stereocenters. The molecule has 0 aliphatic carbocycles. The molecule has 6 heteroatoms. The highest BCUT2D eigenvalue weighted by Crippen LogP contribution is 2.26. The quantitative estimate of drug-likeness (QED) is 0.597. The van der Waals surface area contributed by atoms with E-state index in [1.807, 2.05) is 31.4 Å². The Morgan fingerprint density at radius 1 is 1.42 bits per heavy atom. The smallest absolute Gasteiger partial charge is 0.272 e. The van der Waals surface area contributed by atoms with Crippen molar-refractivity contribution in [3.05, 3.63) is 35.5 Å². The van der Waals surface area contributed by atoms with Gasteiger partial charge in [-0.15, -0.1) is 18.2 Å². The molecule has 0 fully saturated rings. The minimum Gasteiger partial charge on any atom is -0.470 e. The highest BCUT2D eigenvalue weighted by Gasteiger charge is 2.25. The van der Waals surface area contributed by atoms with Gasteiger partial charge >= 0.3 is 0 Å². The Kier molecular flexibility index (Phi) is 6.52. The Morgan fingerprint density at radius 2 is 2.15 bits per heavy atom. The van der Waals surface area contributed by atoms with Crippen molar-refractivity contribution >= 4 is 28.6 Å². The molecule has 26 heavy (non-hydrogen) atoms. The van der Waals surface area contributed by atoms with Gasteiger partial charge < -0.3 is 14.8 Å². The molecule has 0 radical (unpaired) electrons. The number of carbonyl (C=O) groups is 1. The Bertz CT molecular complexity index is 843. The van der Waals surface area contributed by atoms with Crippen molar-refractivity contribution in [1.29, 1.82) is 0 Å². The summed E-state index contributed by atoms with van der Waals surface area (Å²) in [6.07, 6.45) is 9.06. The topological polar surface area (TPSA) is 60.5 Å². The van der Waals surface area contributed by atoms with Gasteiger partial charge in [0, 0.05) is 18.7 Å². The number of hydrogen-bond donors (Lipinski definition) is 1. The number of hydrogen-bond acceptors (Lipinski definition) is 5. The van der Waals surface area contributed by atoms with E-state index >= 15 is 0 Å². The summed E-state index contributed by atoms with van der Waals surface area (Å²) in [5.41, 5.74) is 1.43. The van der Waals surface area contributed by atoms with Gasteiger partial charge in [0.1, 0.15) is 5.75 Å². The molecule has 0 bridgehead atoms. The van der Waals surface area contributed by atoms with Gasteiger partial charge in [0.2, 0.25) is 5.44 Å². The predicted molar refractivity (Wildman–Crippen MR) is 106 cm³/mol. The molecule has 1 aromatic carbocycles. The maximum absolute atomic E-state index is 12.5. The summed E-state index contributed by atoms with van der Waals surface area (Å²) in [6, 6.07) is 5.78. The zero-order chi connectivity index (χ0) is 19.3. The van der Waals surface area contributed by atoms with Crippen molar-refractivity contribution in [2.75, 3.05) is 13.4 Å². The van der Waals surface area contributed by atoms with E-state index in [0.29, 0.717) is 12.4 Å². The number of terminal acetylenes is 1. The normalized spacial score (nSPS) is 12.5. The second kappa shape index (κ2) is 8.43. The molecular weight excluding hydrogens is 348 g/mol. The highest BCUT2D eigenvalue weighted by molar-refractivity contribution is 7.99. The van der Waals surface area contributed by atoms with Crippen LogP contribution in [0.2, 0.25) is 0 Å². The minimum absolute atomic E-state index is 0.260. The van der Waals surface area contributed by atoms with Gasteiger partial charge in [-0.1, -0.05) is 5.92 Å². The zero-order valence-corrected chi connectivity index (χ0v) is 16.6. The maximum atomic E-state index is 12.5. The molecule has 0 saturated carbocycles. The first-order chi connectivity index (χ1) is 12.3. The lowest BCUT2D eigenvalue weighted by atomic mass is 10.1. The van der Waals surface area contributed by atoms with Crippen molar-refractivity contribution in [3.8, 4) is 18.1 Å². The molecule has 1 atom stereocenters. The molecule has 0 aliphatic heterocycles. The van der Waals surface area contributed by atoms with Crippen LogP contribution >= 0.6 is 11.8 Å². The van der Waals surface area contributed by atoms with Crippen LogP contribution < -0.4 is 10.1 Å². The first kappa shape index (κ1) is 20.1. The average Bonchev–Trinajstić information content (AvgIpc) is 2.59. The van der Waals surface area contributed by atoms with Gasteiger partial charge in [-0.25, -0.2) is 0 Å². The Morgan fingerprint density at radius 3 is 2.77 bits per heavy atom. The lowest BCUT2D eigenvalue weighted by molar-refractivity contribution is -0.125. The van der Waals surface area contributed by atoms with Gasteiger partial charge in [0.25, 0.3) is 5.91 Å². The third-order valence-electron chi connectivity index (χ3n) is 3.78. The number of benzene rings is 1. The number of carbonyl (C=O) groups excluding carboxylic acids is 1. The summed E-state index contributed by atoms with van der Waals surface area (Å²) in [7, 11) is 1.65. The minimum atomic E-state index is -0.729. The van der Waals surface area contributed by atoms with E-state index in [4.69, 9.17) is 15.9 Å². The molecule has 138 valence electrons. The number of nitrogens with one attached hydrogen (secondary N) is 1. The summed E-state index contributed by atoms with van der Waals surface area (Å²) in [4.78, 5) is 17.0. The zero-order valence-electron chi connectivity index (χ0n) is 15.8. The molecule has 1 aromatic heterocycles. The van der Waals surface area contributed by atoms with Crippen molar-refractivity contribution < 1.29 is 14.3 Å². The van der Waals surface area contributed by atoms with E-state index in [0.717, 1.165) is 22.0 Å². The number of nitrogens with zero attached hydrogens (tertiary/aromatic N) is 1. The lowest BCUT2D eigenvalue weighted by Gasteiger charge is -2.24. The van der Waals surface area contributed by atoms with Gasteiger partial charge in [-0.2, -0.15) is 0 Å².